The number of methoxy groups -OCH3 is 1. The van der Waals surface area contributed by atoms with E-state index in [0.717, 1.165) is 0 Å². The molecule has 0 spiro atoms. The van der Waals surface area contributed by atoms with E-state index in [9.17, 15) is 9.18 Å². The molecule has 3 aromatic rings. The third-order valence-corrected chi connectivity index (χ3v) is 4.54. The fraction of sp³-hybridized carbons (Fsp3) is 0.200. The summed E-state index contributed by atoms with van der Waals surface area (Å²) in [6.45, 7) is 3.86. The van der Waals surface area contributed by atoms with Crippen molar-refractivity contribution in [2.24, 2.45) is 0 Å². The van der Waals surface area contributed by atoms with Crippen molar-refractivity contribution in [1.82, 2.24) is 9.78 Å². The second kappa shape index (κ2) is 8.31. The molecule has 0 saturated carbocycles. The number of benzene rings is 2. The fourth-order valence-electron chi connectivity index (χ4n) is 2.86. The van der Waals surface area contributed by atoms with Gasteiger partial charge in [-0.2, -0.15) is 5.10 Å². The summed E-state index contributed by atoms with van der Waals surface area (Å²) in [4.78, 5) is 12.5. The van der Waals surface area contributed by atoms with E-state index in [2.05, 4.69) is 15.7 Å². The van der Waals surface area contributed by atoms with Gasteiger partial charge in [0.15, 0.2) is 0 Å². The predicted molar refractivity (Wildman–Crippen MR) is 108 cm³/mol. The molecule has 1 aromatic heterocycles. The van der Waals surface area contributed by atoms with Crippen molar-refractivity contribution in [3.63, 3.8) is 0 Å². The molecule has 0 saturated heterocycles. The zero-order chi connectivity index (χ0) is 20.3. The summed E-state index contributed by atoms with van der Waals surface area (Å²) in [5, 5.41) is 10.4. The Kier molecular flexibility index (Phi) is 5.84. The first-order valence-electron chi connectivity index (χ1n) is 8.58. The van der Waals surface area contributed by atoms with Gasteiger partial charge in [-0.3, -0.25) is 4.68 Å². The molecule has 0 bridgehead atoms. The number of aryl methyl sites for hydroxylation is 1. The number of anilines is 2. The molecule has 0 atom stereocenters. The molecule has 28 heavy (non-hydrogen) atoms. The third-order valence-electron chi connectivity index (χ3n) is 4.31. The van der Waals surface area contributed by atoms with Crippen LogP contribution >= 0.6 is 11.6 Å². The van der Waals surface area contributed by atoms with Crippen molar-refractivity contribution in [1.29, 1.82) is 0 Å². The quantitative estimate of drug-likeness (QED) is 0.631. The van der Waals surface area contributed by atoms with E-state index in [0.29, 0.717) is 39.1 Å². The molecule has 2 amide bonds. The summed E-state index contributed by atoms with van der Waals surface area (Å²) in [5.41, 5.74) is 2.88. The molecule has 146 valence electrons. The minimum atomic E-state index is -0.461. The summed E-state index contributed by atoms with van der Waals surface area (Å²) in [5.74, 6) is 0.193. The Morgan fingerprint density at radius 1 is 1.21 bits per heavy atom. The number of carbonyl (C=O) groups excluding carboxylic acids is 1. The molecular formula is C20H20ClFN4O2. The van der Waals surface area contributed by atoms with E-state index in [4.69, 9.17) is 16.3 Å². The van der Waals surface area contributed by atoms with E-state index >= 15 is 0 Å². The van der Waals surface area contributed by atoms with Crippen molar-refractivity contribution >= 4 is 29.0 Å². The highest BCUT2D eigenvalue weighted by molar-refractivity contribution is 6.31. The lowest BCUT2D eigenvalue weighted by molar-refractivity contribution is 0.262. The molecule has 1 heterocycles. The van der Waals surface area contributed by atoms with Crippen molar-refractivity contribution < 1.29 is 13.9 Å². The van der Waals surface area contributed by atoms with E-state index in [-0.39, 0.29) is 12.4 Å². The van der Waals surface area contributed by atoms with Gasteiger partial charge in [-0.05, 0) is 38.1 Å². The van der Waals surface area contributed by atoms with Gasteiger partial charge in [0.25, 0.3) is 0 Å². The lowest BCUT2D eigenvalue weighted by atomic mass is 10.2. The van der Waals surface area contributed by atoms with Gasteiger partial charge in [0.2, 0.25) is 0 Å². The molecule has 6 nitrogen and oxygen atoms in total. The minimum Gasteiger partial charge on any atom is -0.495 e. The highest BCUT2D eigenvalue weighted by Crippen LogP contribution is 2.28. The van der Waals surface area contributed by atoms with Gasteiger partial charge in [-0.25, -0.2) is 9.18 Å². The predicted octanol–water partition coefficient (Wildman–Crippen LogP) is 4.99. The highest BCUT2D eigenvalue weighted by atomic mass is 35.5. The van der Waals surface area contributed by atoms with E-state index in [1.807, 2.05) is 6.92 Å². The number of halogens is 2. The molecular weight excluding hydrogens is 383 g/mol. The number of carbonyl (C=O) groups is 1. The number of amides is 2. The number of nitrogens with one attached hydrogen (secondary N) is 2. The normalized spacial score (nSPS) is 10.6. The number of nitrogens with zero attached hydrogens (tertiary/aromatic N) is 2. The van der Waals surface area contributed by atoms with Crippen LogP contribution < -0.4 is 15.4 Å². The SMILES string of the molecule is COc1ccc(Cl)cc1NC(=O)Nc1c(C)nn(Cc2ccccc2F)c1C. The van der Waals surface area contributed by atoms with Crippen LogP contribution in [0.25, 0.3) is 0 Å². The largest absolute Gasteiger partial charge is 0.495 e. The van der Waals surface area contributed by atoms with Crippen LogP contribution in [0.1, 0.15) is 17.0 Å². The van der Waals surface area contributed by atoms with Gasteiger partial charge < -0.3 is 15.4 Å². The van der Waals surface area contributed by atoms with Crippen molar-refractivity contribution in [2.45, 2.75) is 20.4 Å². The molecule has 8 heteroatoms. The maximum absolute atomic E-state index is 13.9. The van der Waals surface area contributed by atoms with Crippen LogP contribution in [0.2, 0.25) is 5.02 Å². The number of ether oxygens (including phenoxy) is 1. The Morgan fingerprint density at radius 2 is 1.96 bits per heavy atom. The Morgan fingerprint density at radius 3 is 2.68 bits per heavy atom. The number of aromatic nitrogens is 2. The van der Waals surface area contributed by atoms with Gasteiger partial charge in [0.05, 0.1) is 36.4 Å². The van der Waals surface area contributed by atoms with Gasteiger partial charge in [-0.1, -0.05) is 29.8 Å². The number of urea groups is 1. The topological polar surface area (TPSA) is 68.2 Å². The zero-order valence-corrected chi connectivity index (χ0v) is 16.5. The molecule has 0 aliphatic rings. The molecule has 0 radical (unpaired) electrons. The van der Waals surface area contributed by atoms with Crippen LogP contribution in [0, 0.1) is 19.7 Å². The first-order chi connectivity index (χ1) is 13.4. The summed E-state index contributed by atoms with van der Waals surface area (Å²) < 4.78 is 20.8. The van der Waals surface area contributed by atoms with Crippen LogP contribution in [0.3, 0.4) is 0 Å². The fourth-order valence-corrected chi connectivity index (χ4v) is 3.04. The summed E-state index contributed by atoms with van der Waals surface area (Å²) in [6.07, 6.45) is 0. The smallest absolute Gasteiger partial charge is 0.323 e. The Hall–Kier alpha value is -3.06. The average Bonchev–Trinajstić information content (AvgIpc) is 2.91. The molecule has 0 fully saturated rings. The second-order valence-electron chi connectivity index (χ2n) is 6.22. The highest BCUT2D eigenvalue weighted by Gasteiger charge is 2.16. The minimum absolute atomic E-state index is 0.269. The standard InChI is InChI=1S/C20H20ClFN4O2/c1-12-19(13(2)26(25-12)11-14-6-4-5-7-16(14)22)24-20(27)23-17-10-15(21)8-9-18(17)28-3/h4-10H,11H2,1-3H3,(H2,23,24,27). The van der Waals surface area contributed by atoms with Crippen LogP contribution in [0.5, 0.6) is 5.75 Å². The van der Waals surface area contributed by atoms with Crippen molar-refractivity contribution in [3.8, 4) is 5.75 Å². The van der Waals surface area contributed by atoms with E-state index < -0.39 is 6.03 Å². The van der Waals surface area contributed by atoms with E-state index in [1.165, 1.54) is 13.2 Å². The first kappa shape index (κ1) is 19.7. The van der Waals surface area contributed by atoms with Gasteiger partial charge >= 0.3 is 6.03 Å². The Bertz CT molecular complexity index is 1020. The molecule has 3 rings (SSSR count). The summed E-state index contributed by atoms with van der Waals surface area (Å²) >= 11 is 5.99. The Labute approximate surface area is 167 Å². The van der Waals surface area contributed by atoms with E-state index in [1.54, 1.807) is 48.0 Å². The average molecular weight is 403 g/mol. The van der Waals surface area contributed by atoms with Gasteiger partial charge in [-0.15, -0.1) is 0 Å². The molecule has 0 unspecified atom stereocenters. The number of hydrogen-bond acceptors (Lipinski definition) is 3. The summed E-state index contributed by atoms with van der Waals surface area (Å²) in [6, 6.07) is 11.0. The van der Waals surface area contributed by atoms with Crippen molar-refractivity contribution in [2.75, 3.05) is 17.7 Å². The molecule has 2 aromatic carbocycles. The lowest BCUT2D eigenvalue weighted by Crippen LogP contribution is -2.20. The number of hydrogen-bond donors (Lipinski definition) is 2. The molecule has 0 aliphatic heterocycles. The van der Waals surface area contributed by atoms with Crippen LogP contribution in [-0.4, -0.2) is 22.9 Å². The maximum Gasteiger partial charge on any atom is 0.323 e. The number of rotatable bonds is 5. The van der Waals surface area contributed by atoms with Gasteiger partial charge in [0.1, 0.15) is 11.6 Å². The third kappa shape index (κ3) is 4.26. The maximum atomic E-state index is 13.9. The second-order valence-corrected chi connectivity index (χ2v) is 6.66. The molecule has 2 N–H and O–H groups in total. The first-order valence-corrected chi connectivity index (χ1v) is 8.95. The Balaban J connectivity index is 1.78. The van der Waals surface area contributed by atoms with Crippen LogP contribution in [-0.2, 0) is 6.54 Å². The summed E-state index contributed by atoms with van der Waals surface area (Å²) in [7, 11) is 1.51. The molecule has 0 aliphatic carbocycles. The monoisotopic (exact) mass is 402 g/mol. The van der Waals surface area contributed by atoms with Crippen LogP contribution in [0.15, 0.2) is 42.5 Å². The zero-order valence-electron chi connectivity index (χ0n) is 15.7. The van der Waals surface area contributed by atoms with Crippen LogP contribution in [0.4, 0.5) is 20.6 Å². The lowest BCUT2D eigenvalue weighted by Gasteiger charge is -2.12. The van der Waals surface area contributed by atoms with Gasteiger partial charge in [0, 0.05) is 10.6 Å². The van der Waals surface area contributed by atoms with Crippen molar-refractivity contribution in [3.05, 3.63) is 70.3 Å².